The van der Waals surface area contributed by atoms with Gasteiger partial charge in [-0.15, -0.1) is 0 Å². The van der Waals surface area contributed by atoms with E-state index >= 15 is 0 Å². The van der Waals surface area contributed by atoms with Gasteiger partial charge in [0.2, 0.25) is 10.0 Å². The SMILES string of the molecule is CCN(CC1CC1)S(=O)(=O)c1ccc2c(c1)CNC2. The number of hydrogen-bond acceptors (Lipinski definition) is 3. The first-order valence-corrected chi connectivity index (χ1v) is 8.38. The van der Waals surface area contributed by atoms with Gasteiger partial charge in [0.05, 0.1) is 4.90 Å². The molecular formula is C14H20N2O2S. The maximum Gasteiger partial charge on any atom is 0.243 e. The zero-order chi connectivity index (χ0) is 13.5. The highest BCUT2D eigenvalue weighted by Crippen LogP contribution is 2.32. The van der Waals surface area contributed by atoms with Crippen LogP contribution in [0.4, 0.5) is 0 Å². The Bertz CT molecular complexity index is 579. The Hall–Kier alpha value is -0.910. The van der Waals surface area contributed by atoms with Gasteiger partial charge >= 0.3 is 0 Å². The summed E-state index contributed by atoms with van der Waals surface area (Å²) in [5.74, 6) is 0.575. The first-order chi connectivity index (χ1) is 9.11. The summed E-state index contributed by atoms with van der Waals surface area (Å²) in [5.41, 5.74) is 2.33. The summed E-state index contributed by atoms with van der Waals surface area (Å²) >= 11 is 0. The Morgan fingerprint density at radius 1 is 1.26 bits per heavy atom. The summed E-state index contributed by atoms with van der Waals surface area (Å²) in [6.07, 6.45) is 2.33. The molecule has 0 radical (unpaired) electrons. The largest absolute Gasteiger partial charge is 0.309 e. The van der Waals surface area contributed by atoms with Crippen molar-refractivity contribution in [3.63, 3.8) is 0 Å². The Labute approximate surface area is 114 Å². The number of fused-ring (bicyclic) bond motifs is 1. The number of sulfonamides is 1. The van der Waals surface area contributed by atoms with E-state index < -0.39 is 10.0 Å². The average molecular weight is 280 g/mol. The van der Waals surface area contributed by atoms with Gasteiger partial charge in [-0.3, -0.25) is 0 Å². The molecule has 0 aromatic heterocycles. The van der Waals surface area contributed by atoms with Gasteiger partial charge < -0.3 is 5.32 Å². The third-order valence-corrected chi connectivity index (χ3v) is 5.89. The van der Waals surface area contributed by atoms with Gasteiger partial charge in [0.1, 0.15) is 0 Å². The Morgan fingerprint density at radius 3 is 2.68 bits per heavy atom. The maximum atomic E-state index is 12.6. The van der Waals surface area contributed by atoms with Crippen molar-refractivity contribution < 1.29 is 8.42 Å². The normalized spacial score (nSPS) is 18.8. The zero-order valence-corrected chi connectivity index (χ0v) is 12.0. The van der Waals surface area contributed by atoms with Crippen molar-refractivity contribution in [2.24, 2.45) is 5.92 Å². The highest BCUT2D eigenvalue weighted by atomic mass is 32.2. The minimum Gasteiger partial charge on any atom is -0.309 e. The summed E-state index contributed by atoms with van der Waals surface area (Å²) in [7, 11) is -3.32. The third-order valence-electron chi connectivity index (χ3n) is 3.96. The van der Waals surface area contributed by atoms with Crippen molar-refractivity contribution in [2.75, 3.05) is 13.1 Å². The van der Waals surface area contributed by atoms with E-state index in [1.54, 1.807) is 10.4 Å². The van der Waals surface area contributed by atoms with E-state index in [4.69, 9.17) is 0 Å². The lowest BCUT2D eigenvalue weighted by Crippen LogP contribution is -2.32. The van der Waals surface area contributed by atoms with Crippen LogP contribution in [0.1, 0.15) is 30.9 Å². The van der Waals surface area contributed by atoms with Crippen LogP contribution in [0.25, 0.3) is 0 Å². The summed E-state index contributed by atoms with van der Waals surface area (Å²) < 4.78 is 26.9. The van der Waals surface area contributed by atoms with Crippen LogP contribution in [0.2, 0.25) is 0 Å². The number of hydrogen-bond donors (Lipinski definition) is 1. The first kappa shape index (κ1) is 13.1. The van der Waals surface area contributed by atoms with Gasteiger partial charge in [0.25, 0.3) is 0 Å². The third kappa shape index (κ3) is 2.55. The van der Waals surface area contributed by atoms with Crippen molar-refractivity contribution in [3.8, 4) is 0 Å². The first-order valence-electron chi connectivity index (χ1n) is 6.94. The number of benzene rings is 1. The zero-order valence-electron chi connectivity index (χ0n) is 11.2. The molecule has 1 fully saturated rings. The molecule has 0 spiro atoms. The Morgan fingerprint density at radius 2 is 2.00 bits per heavy atom. The molecule has 1 aliphatic carbocycles. The maximum absolute atomic E-state index is 12.6. The molecule has 1 aliphatic heterocycles. The van der Waals surface area contributed by atoms with Crippen molar-refractivity contribution >= 4 is 10.0 Å². The van der Waals surface area contributed by atoms with Crippen LogP contribution in [0.5, 0.6) is 0 Å². The molecule has 0 saturated heterocycles. The lowest BCUT2D eigenvalue weighted by Gasteiger charge is -2.20. The van der Waals surface area contributed by atoms with Gasteiger partial charge in [0, 0.05) is 26.2 Å². The monoisotopic (exact) mass is 280 g/mol. The second kappa shape index (κ2) is 4.89. The fourth-order valence-corrected chi connectivity index (χ4v) is 4.14. The summed E-state index contributed by atoms with van der Waals surface area (Å²) in [5, 5.41) is 3.24. The molecule has 1 N–H and O–H groups in total. The molecule has 5 heteroatoms. The molecule has 4 nitrogen and oxygen atoms in total. The van der Waals surface area contributed by atoms with E-state index in [1.165, 1.54) is 18.4 Å². The van der Waals surface area contributed by atoms with E-state index in [0.29, 0.717) is 23.9 Å². The average Bonchev–Trinajstić information content (AvgIpc) is 3.10. The molecule has 1 saturated carbocycles. The molecule has 2 aliphatic rings. The second-order valence-electron chi connectivity index (χ2n) is 5.43. The fourth-order valence-electron chi connectivity index (χ4n) is 2.57. The van der Waals surface area contributed by atoms with Crippen molar-refractivity contribution in [3.05, 3.63) is 29.3 Å². The summed E-state index contributed by atoms with van der Waals surface area (Å²) in [6.45, 7) is 4.75. The Kier molecular flexibility index (Phi) is 3.37. The highest BCUT2D eigenvalue weighted by Gasteiger charge is 2.31. The molecule has 1 aromatic rings. The van der Waals surface area contributed by atoms with E-state index in [2.05, 4.69) is 5.32 Å². The minimum atomic E-state index is -3.32. The molecule has 1 heterocycles. The molecule has 104 valence electrons. The van der Waals surface area contributed by atoms with Gasteiger partial charge in [0.15, 0.2) is 0 Å². The van der Waals surface area contributed by atoms with Crippen LogP contribution >= 0.6 is 0 Å². The summed E-state index contributed by atoms with van der Waals surface area (Å²) in [4.78, 5) is 0.442. The van der Waals surface area contributed by atoms with Crippen LogP contribution < -0.4 is 5.32 Å². The van der Waals surface area contributed by atoms with E-state index in [1.807, 2.05) is 19.1 Å². The molecular weight excluding hydrogens is 260 g/mol. The van der Waals surface area contributed by atoms with Crippen LogP contribution in [-0.4, -0.2) is 25.8 Å². The lowest BCUT2D eigenvalue weighted by atomic mass is 10.1. The Balaban J connectivity index is 1.89. The van der Waals surface area contributed by atoms with E-state index in [-0.39, 0.29) is 0 Å². The molecule has 0 amide bonds. The standard InChI is InChI=1S/C14H20N2O2S/c1-2-16(10-11-3-4-11)19(17,18)14-6-5-12-8-15-9-13(12)7-14/h5-7,11,15H,2-4,8-10H2,1H3. The summed E-state index contributed by atoms with van der Waals surface area (Å²) in [6, 6.07) is 5.52. The molecule has 3 rings (SSSR count). The van der Waals surface area contributed by atoms with Gasteiger partial charge in [-0.05, 0) is 42.0 Å². The predicted octanol–water partition coefficient (Wildman–Crippen LogP) is 1.71. The smallest absolute Gasteiger partial charge is 0.243 e. The quantitative estimate of drug-likeness (QED) is 0.893. The second-order valence-corrected chi connectivity index (χ2v) is 7.37. The van der Waals surface area contributed by atoms with Crippen LogP contribution in [0.3, 0.4) is 0 Å². The topological polar surface area (TPSA) is 49.4 Å². The molecule has 1 aromatic carbocycles. The van der Waals surface area contributed by atoms with Crippen molar-refractivity contribution in [1.29, 1.82) is 0 Å². The molecule has 0 atom stereocenters. The molecule has 0 bridgehead atoms. The number of nitrogens with one attached hydrogen (secondary N) is 1. The van der Waals surface area contributed by atoms with Crippen LogP contribution in [0, 0.1) is 5.92 Å². The number of nitrogens with zero attached hydrogens (tertiary/aromatic N) is 1. The fraction of sp³-hybridized carbons (Fsp3) is 0.571. The number of rotatable bonds is 5. The van der Waals surface area contributed by atoms with Crippen LogP contribution in [-0.2, 0) is 23.1 Å². The van der Waals surface area contributed by atoms with Gasteiger partial charge in [-0.2, -0.15) is 4.31 Å². The van der Waals surface area contributed by atoms with Crippen LogP contribution in [0.15, 0.2) is 23.1 Å². The lowest BCUT2D eigenvalue weighted by molar-refractivity contribution is 0.412. The predicted molar refractivity (Wildman–Crippen MR) is 74.1 cm³/mol. The molecule has 0 unspecified atom stereocenters. The molecule has 19 heavy (non-hydrogen) atoms. The highest BCUT2D eigenvalue weighted by molar-refractivity contribution is 7.89. The van der Waals surface area contributed by atoms with E-state index in [0.717, 1.165) is 18.7 Å². The van der Waals surface area contributed by atoms with Crippen molar-refractivity contribution in [1.82, 2.24) is 9.62 Å². The van der Waals surface area contributed by atoms with Gasteiger partial charge in [-0.25, -0.2) is 8.42 Å². The van der Waals surface area contributed by atoms with Gasteiger partial charge in [-0.1, -0.05) is 13.0 Å². The van der Waals surface area contributed by atoms with Crippen molar-refractivity contribution in [2.45, 2.75) is 37.8 Å². The van der Waals surface area contributed by atoms with E-state index in [9.17, 15) is 8.42 Å². The minimum absolute atomic E-state index is 0.442.